The number of nitrogens with zero attached hydrogens (tertiary/aromatic N) is 2. The van der Waals surface area contributed by atoms with E-state index in [4.69, 9.17) is 18.9 Å². The summed E-state index contributed by atoms with van der Waals surface area (Å²) in [5.74, 6) is -1.42. The molecule has 0 spiro atoms. The second-order valence-corrected chi connectivity index (χ2v) is 9.46. The van der Waals surface area contributed by atoms with Crippen LogP contribution in [-0.4, -0.2) is 30.0 Å². The van der Waals surface area contributed by atoms with Crippen LogP contribution in [0, 0.1) is 11.3 Å². The Bertz CT molecular complexity index is 1290. The van der Waals surface area contributed by atoms with Crippen molar-refractivity contribution in [1.82, 2.24) is 4.98 Å². The van der Waals surface area contributed by atoms with Crippen molar-refractivity contribution in [3.63, 3.8) is 0 Å². The third kappa shape index (κ3) is 5.82. The maximum absolute atomic E-state index is 13.0. The monoisotopic (exact) mass is 548 g/mol. The Balaban J connectivity index is 1.83. The molecule has 0 N–H and O–H groups in total. The van der Waals surface area contributed by atoms with Crippen molar-refractivity contribution < 1.29 is 23.7 Å². The van der Waals surface area contributed by atoms with Crippen LogP contribution in [-0.2, 0) is 19.0 Å². The molecule has 0 bridgehead atoms. The number of carbonyl (C=O) groups excluding carboxylic acids is 1. The highest BCUT2D eigenvalue weighted by molar-refractivity contribution is 9.10. The first kappa shape index (κ1) is 25.6. The fourth-order valence-electron chi connectivity index (χ4n) is 3.81. The van der Waals surface area contributed by atoms with Gasteiger partial charge in [-0.25, -0.2) is 9.78 Å². The van der Waals surface area contributed by atoms with Crippen molar-refractivity contribution >= 4 is 21.9 Å². The normalized spacial score (nSPS) is 17.1. The third-order valence-corrected chi connectivity index (χ3v) is 6.04. The molecule has 184 valence electrons. The molecule has 0 saturated carbocycles. The standard InChI is InChI=1S/C28H25BrN2O5/c1-4-14-33-27(32)25(19-8-6-5-7-9-19)35-26-22(16-30)21(24-17-34-28(2,3)36-24)15-23(31-26)18-10-12-20(29)13-11-18/h4-13,15,24-25H,1,14,17H2,2-3H3. The third-order valence-electron chi connectivity index (χ3n) is 5.51. The quantitative estimate of drug-likeness (QED) is 0.249. The smallest absolute Gasteiger partial charge is 0.352 e. The molecule has 1 saturated heterocycles. The largest absolute Gasteiger partial charge is 0.458 e. The number of ether oxygens (including phenoxy) is 4. The molecule has 7 nitrogen and oxygen atoms in total. The van der Waals surface area contributed by atoms with Crippen molar-refractivity contribution in [2.24, 2.45) is 0 Å². The van der Waals surface area contributed by atoms with Crippen LogP contribution in [0.2, 0.25) is 0 Å². The van der Waals surface area contributed by atoms with Crippen LogP contribution in [0.4, 0.5) is 0 Å². The average Bonchev–Trinajstić information content (AvgIpc) is 3.25. The topological polar surface area (TPSA) is 90.7 Å². The van der Waals surface area contributed by atoms with Crippen molar-refractivity contribution in [2.75, 3.05) is 13.2 Å². The van der Waals surface area contributed by atoms with E-state index in [1.165, 1.54) is 6.08 Å². The van der Waals surface area contributed by atoms with Crippen molar-refractivity contribution in [3.8, 4) is 23.2 Å². The van der Waals surface area contributed by atoms with Gasteiger partial charge in [-0.15, -0.1) is 0 Å². The highest BCUT2D eigenvalue weighted by Gasteiger charge is 2.37. The van der Waals surface area contributed by atoms with E-state index < -0.39 is 24.0 Å². The highest BCUT2D eigenvalue weighted by Crippen LogP contribution is 2.39. The first-order valence-corrected chi connectivity index (χ1v) is 12.1. The molecule has 3 aromatic rings. The lowest BCUT2D eigenvalue weighted by Gasteiger charge is -2.22. The Morgan fingerprint density at radius 1 is 1.28 bits per heavy atom. The van der Waals surface area contributed by atoms with Gasteiger partial charge in [0.05, 0.1) is 12.3 Å². The van der Waals surface area contributed by atoms with Gasteiger partial charge in [-0.3, -0.25) is 0 Å². The van der Waals surface area contributed by atoms with Crippen LogP contribution >= 0.6 is 15.9 Å². The molecule has 1 fully saturated rings. The zero-order valence-electron chi connectivity index (χ0n) is 19.9. The van der Waals surface area contributed by atoms with Gasteiger partial charge < -0.3 is 18.9 Å². The van der Waals surface area contributed by atoms with Crippen molar-refractivity contribution in [2.45, 2.75) is 31.8 Å². The van der Waals surface area contributed by atoms with Gasteiger partial charge in [-0.05, 0) is 32.0 Å². The molecule has 1 aromatic heterocycles. The molecule has 36 heavy (non-hydrogen) atoms. The second kappa shape index (κ2) is 11.0. The lowest BCUT2D eigenvalue weighted by Crippen LogP contribution is -2.23. The van der Waals surface area contributed by atoms with Gasteiger partial charge in [0, 0.05) is 21.2 Å². The van der Waals surface area contributed by atoms with Gasteiger partial charge in [0.25, 0.3) is 0 Å². The highest BCUT2D eigenvalue weighted by atomic mass is 79.9. The van der Waals surface area contributed by atoms with Crippen molar-refractivity contribution in [3.05, 3.63) is 94.5 Å². The zero-order valence-corrected chi connectivity index (χ0v) is 21.5. The number of nitriles is 1. The summed E-state index contributed by atoms with van der Waals surface area (Å²) in [7, 11) is 0. The van der Waals surface area contributed by atoms with E-state index in [0.717, 1.165) is 10.0 Å². The molecule has 0 radical (unpaired) electrons. The number of halogens is 1. The number of carbonyl (C=O) groups is 1. The zero-order chi connectivity index (χ0) is 25.7. The summed E-state index contributed by atoms with van der Waals surface area (Å²) in [5.41, 5.74) is 2.66. The number of benzene rings is 2. The van der Waals surface area contributed by atoms with Gasteiger partial charge in [-0.1, -0.05) is 71.0 Å². The fourth-order valence-corrected chi connectivity index (χ4v) is 4.07. The Morgan fingerprint density at radius 2 is 2.00 bits per heavy atom. The SMILES string of the molecule is C=CCOC(=O)C(Oc1nc(-c2ccc(Br)cc2)cc(C2COC(C)(C)O2)c1C#N)c1ccccc1. The molecular weight excluding hydrogens is 524 g/mol. The molecule has 1 aliphatic heterocycles. The van der Waals surface area contributed by atoms with Gasteiger partial charge >= 0.3 is 5.97 Å². The van der Waals surface area contributed by atoms with E-state index in [9.17, 15) is 10.1 Å². The molecule has 2 unspecified atom stereocenters. The molecule has 0 aliphatic carbocycles. The average molecular weight is 549 g/mol. The summed E-state index contributed by atoms with van der Waals surface area (Å²) in [6, 6.07) is 20.5. The molecule has 8 heteroatoms. The number of hydrogen-bond donors (Lipinski definition) is 0. The predicted molar refractivity (Wildman–Crippen MR) is 137 cm³/mol. The van der Waals surface area contributed by atoms with Crippen LogP contribution < -0.4 is 4.74 Å². The lowest BCUT2D eigenvalue weighted by atomic mass is 10.0. The van der Waals surface area contributed by atoms with Crippen LogP contribution in [0.15, 0.2) is 77.8 Å². The van der Waals surface area contributed by atoms with Crippen LogP contribution in [0.5, 0.6) is 5.88 Å². The van der Waals surface area contributed by atoms with Crippen LogP contribution in [0.1, 0.15) is 42.7 Å². The summed E-state index contributed by atoms with van der Waals surface area (Å²) in [6.45, 7) is 7.50. The van der Waals surface area contributed by atoms with Gasteiger partial charge in [0.2, 0.25) is 12.0 Å². The Hall–Kier alpha value is -3.51. The molecule has 4 rings (SSSR count). The summed E-state index contributed by atoms with van der Waals surface area (Å²) < 4.78 is 24.2. The van der Waals surface area contributed by atoms with Crippen molar-refractivity contribution in [1.29, 1.82) is 5.26 Å². The van der Waals surface area contributed by atoms with E-state index in [1.54, 1.807) is 30.3 Å². The molecule has 2 atom stereocenters. The van der Waals surface area contributed by atoms with Crippen LogP contribution in [0.3, 0.4) is 0 Å². The Labute approximate surface area is 218 Å². The van der Waals surface area contributed by atoms with Gasteiger partial charge in [0.15, 0.2) is 5.79 Å². The number of hydrogen-bond acceptors (Lipinski definition) is 7. The number of rotatable bonds is 8. The summed E-state index contributed by atoms with van der Waals surface area (Å²) >= 11 is 3.45. The number of esters is 1. The Morgan fingerprint density at radius 3 is 2.61 bits per heavy atom. The molecule has 1 aliphatic rings. The number of pyridine rings is 1. The van der Waals surface area contributed by atoms with Gasteiger partial charge in [0.1, 0.15) is 24.3 Å². The number of aromatic nitrogens is 1. The summed E-state index contributed by atoms with van der Waals surface area (Å²) in [5, 5.41) is 10.1. The maximum atomic E-state index is 13.0. The minimum absolute atomic E-state index is 0.00521. The first-order valence-electron chi connectivity index (χ1n) is 11.3. The van der Waals surface area contributed by atoms with E-state index in [0.29, 0.717) is 16.8 Å². The summed E-state index contributed by atoms with van der Waals surface area (Å²) in [6.07, 6.45) is -0.183. The minimum atomic E-state index is -1.14. The van der Waals surface area contributed by atoms with E-state index in [2.05, 4.69) is 33.6 Å². The van der Waals surface area contributed by atoms with Gasteiger partial charge in [-0.2, -0.15) is 5.26 Å². The van der Waals surface area contributed by atoms with E-state index in [-0.39, 0.29) is 24.7 Å². The molecular formula is C28H25BrN2O5. The second-order valence-electron chi connectivity index (χ2n) is 8.54. The van der Waals surface area contributed by atoms with Crippen LogP contribution in [0.25, 0.3) is 11.3 Å². The minimum Gasteiger partial charge on any atom is -0.458 e. The van der Waals surface area contributed by atoms with E-state index >= 15 is 0 Å². The molecule has 0 amide bonds. The maximum Gasteiger partial charge on any atom is 0.352 e. The molecule has 2 heterocycles. The summed E-state index contributed by atoms with van der Waals surface area (Å²) in [4.78, 5) is 17.6. The predicted octanol–water partition coefficient (Wildman–Crippen LogP) is 6.06. The molecule has 2 aromatic carbocycles. The lowest BCUT2D eigenvalue weighted by molar-refractivity contribution is -0.151. The van der Waals surface area contributed by atoms with E-state index in [1.807, 2.05) is 44.2 Å². The Kier molecular flexibility index (Phi) is 7.85. The fraction of sp³-hybridized carbons (Fsp3) is 0.250. The first-order chi connectivity index (χ1) is 17.3.